The van der Waals surface area contributed by atoms with Crippen LogP contribution in [0.15, 0.2) is 24.3 Å². The van der Waals surface area contributed by atoms with Crippen LogP contribution in [-0.2, 0) is 16.0 Å². The summed E-state index contributed by atoms with van der Waals surface area (Å²) in [5, 5.41) is 0.639. The van der Waals surface area contributed by atoms with Gasteiger partial charge in [-0.25, -0.2) is 0 Å². The number of halogens is 1. The van der Waals surface area contributed by atoms with Crippen molar-refractivity contribution in [3.8, 4) is 0 Å². The molecule has 76 valence electrons. The van der Waals surface area contributed by atoms with E-state index in [0.29, 0.717) is 5.02 Å². The van der Waals surface area contributed by atoms with Gasteiger partial charge in [0, 0.05) is 5.02 Å². The van der Waals surface area contributed by atoms with Crippen LogP contribution in [0.4, 0.5) is 0 Å². The largest absolute Gasteiger partial charge is 0.463 e. The van der Waals surface area contributed by atoms with Gasteiger partial charge in [-0.3, -0.25) is 4.79 Å². The summed E-state index contributed by atoms with van der Waals surface area (Å²) in [6, 6.07) is 7.22. The number of carbonyl (C=O) groups is 1. The first-order valence-corrected chi connectivity index (χ1v) is 4.89. The zero-order valence-electron chi connectivity index (χ0n) is 8.29. The number of ether oxygens (including phenoxy) is 1. The minimum absolute atomic E-state index is 0.0679. The molecule has 0 aliphatic carbocycles. The number of hydrogen-bond acceptors (Lipinski definition) is 2. The molecule has 0 heterocycles. The zero-order valence-corrected chi connectivity index (χ0v) is 9.04. The van der Waals surface area contributed by atoms with Crippen molar-refractivity contribution in [1.82, 2.24) is 0 Å². The quantitative estimate of drug-likeness (QED) is 0.721. The van der Waals surface area contributed by atoms with E-state index in [4.69, 9.17) is 16.3 Å². The van der Waals surface area contributed by atoms with Gasteiger partial charge in [-0.15, -0.1) is 0 Å². The molecule has 0 atom stereocenters. The molecule has 0 bridgehead atoms. The van der Waals surface area contributed by atoms with Crippen molar-refractivity contribution in [2.75, 3.05) is 0 Å². The number of rotatable bonds is 3. The Morgan fingerprint density at radius 3 is 2.79 bits per heavy atom. The second-order valence-corrected chi connectivity index (χ2v) is 3.78. The minimum atomic E-state index is -0.220. The van der Waals surface area contributed by atoms with Crippen LogP contribution in [-0.4, -0.2) is 12.1 Å². The van der Waals surface area contributed by atoms with E-state index in [0.717, 1.165) is 5.56 Å². The van der Waals surface area contributed by atoms with E-state index in [1.165, 1.54) is 0 Å². The highest BCUT2D eigenvalue weighted by molar-refractivity contribution is 6.30. The van der Waals surface area contributed by atoms with Gasteiger partial charge in [0.25, 0.3) is 0 Å². The monoisotopic (exact) mass is 212 g/mol. The molecule has 2 nitrogen and oxygen atoms in total. The van der Waals surface area contributed by atoms with Gasteiger partial charge >= 0.3 is 5.97 Å². The third-order valence-corrected chi connectivity index (χ3v) is 1.84. The number of esters is 1. The second kappa shape index (κ2) is 5.01. The van der Waals surface area contributed by atoms with E-state index < -0.39 is 0 Å². The molecule has 0 aromatic heterocycles. The zero-order chi connectivity index (χ0) is 10.6. The van der Waals surface area contributed by atoms with Gasteiger partial charge in [-0.05, 0) is 31.5 Å². The Balaban J connectivity index is 2.56. The van der Waals surface area contributed by atoms with Crippen LogP contribution in [0.5, 0.6) is 0 Å². The molecule has 0 amide bonds. The van der Waals surface area contributed by atoms with E-state index in [9.17, 15) is 4.79 Å². The van der Waals surface area contributed by atoms with Gasteiger partial charge in [-0.1, -0.05) is 23.7 Å². The van der Waals surface area contributed by atoms with E-state index in [2.05, 4.69) is 0 Å². The lowest BCUT2D eigenvalue weighted by Gasteiger charge is -2.07. The topological polar surface area (TPSA) is 26.3 Å². The van der Waals surface area contributed by atoms with Gasteiger partial charge in [0.05, 0.1) is 12.5 Å². The van der Waals surface area contributed by atoms with Crippen molar-refractivity contribution in [3.05, 3.63) is 34.9 Å². The molecule has 0 unspecified atom stereocenters. The Labute approximate surface area is 88.8 Å². The molecule has 0 saturated heterocycles. The molecule has 0 aliphatic heterocycles. The smallest absolute Gasteiger partial charge is 0.310 e. The van der Waals surface area contributed by atoms with E-state index in [1.54, 1.807) is 12.1 Å². The predicted molar refractivity (Wildman–Crippen MR) is 56.4 cm³/mol. The third kappa shape index (κ3) is 3.79. The van der Waals surface area contributed by atoms with Gasteiger partial charge in [-0.2, -0.15) is 0 Å². The Kier molecular flexibility index (Phi) is 3.96. The Bertz CT molecular complexity index is 321. The fraction of sp³-hybridized carbons (Fsp3) is 0.364. The van der Waals surface area contributed by atoms with Crippen LogP contribution >= 0.6 is 11.6 Å². The van der Waals surface area contributed by atoms with E-state index >= 15 is 0 Å². The first-order chi connectivity index (χ1) is 6.58. The standard InChI is InChI=1S/C11H13ClO2/c1-8(2)14-11(13)7-9-4-3-5-10(12)6-9/h3-6,8H,7H2,1-2H3. The molecule has 14 heavy (non-hydrogen) atoms. The molecule has 1 aromatic carbocycles. The summed E-state index contributed by atoms with van der Waals surface area (Å²) in [7, 11) is 0. The number of benzene rings is 1. The van der Waals surface area contributed by atoms with Gasteiger partial charge < -0.3 is 4.74 Å². The van der Waals surface area contributed by atoms with Gasteiger partial charge in [0.2, 0.25) is 0 Å². The fourth-order valence-corrected chi connectivity index (χ4v) is 1.33. The molecule has 1 aromatic rings. The number of hydrogen-bond donors (Lipinski definition) is 0. The lowest BCUT2D eigenvalue weighted by molar-refractivity contribution is -0.146. The van der Waals surface area contributed by atoms with Crippen LogP contribution in [0.3, 0.4) is 0 Å². The lowest BCUT2D eigenvalue weighted by Crippen LogP contribution is -2.13. The van der Waals surface area contributed by atoms with Crippen LogP contribution < -0.4 is 0 Å². The average molecular weight is 213 g/mol. The first kappa shape index (κ1) is 11.1. The fourth-order valence-electron chi connectivity index (χ4n) is 1.12. The summed E-state index contributed by atoms with van der Waals surface area (Å²) in [5.41, 5.74) is 0.878. The van der Waals surface area contributed by atoms with Crippen molar-refractivity contribution in [3.63, 3.8) is 0 Å². The summed E-state index contributed by atoms with van der Waals surface area (Å²) in [5.74, 6) is -0.220. The average Bonchev–Trinajstić information content (AvgIpc) is 2.01. The van der Waals surface area contributed by atoms with Crippen molar-refractivity contribution < 1.29 is 9.53 Å². The molecule has 0 aliphatic rings. The van der Waals surface area contributed by atoms with Crippen LogP contribution in [0.25, 0.3) is 0 Å². The molecule has 0 radical (unpaired) electrons. The molecular formula is C11H13ClO2. The second-order valence-electron chi connectivity index (χ2n) is 3.35. The normalized spacial score (nSPS) is 10.3. The van der Waals surface area contributed by atoms with E-state index in [-0.39, 0.29) is 18.5 Å². The Hall–Kier alpha value is -1.02. The maximum Gasteiger partial charge on any atom is 0.310 e. The van der Waals surface area contributed by atoms with Crippen molar-refractivity contribution in [2.45, 2.75) is 26.4 Å². The maximum absolute atomic E-state index is 11.3. The van der Waals surface area contributed by atoms with Gasteiger partial charge in [0.1, 0.15) is 0 Å². The van der Waals surface area contributed by atoms with Crippen LogP contribution in [0.2, 0.25) is 5.02 Å². The highest BCUT2D eigenvalue weighted by Crippen LogP contribution is 2.11. The summed E-state index contributed by atoms with van der Waals surface area (Å²) < 4.78 is 5.01. The van der Waals surface area contributed by atoms with Crippen molar-refractivity contribution >= 4 is 17.6 Å². The van der Waals surface area contributed by atoms with Crippen molar-refractivity contribution in [2.24, 2.45) is 0 Å². The minimum Gasteiger partial charge on any atom is -0.463 e. The third-order valence-electron chi connectivity index (χ3n) is 1.60. The summed E-state index contributed by atoms with van der Waals surface area (Å²) >= 11 is 5.78. The highest BCUT2D eigenvalue weighted by Gasteiger charge is 2.06. The molecule has 0 fully saturated rings. The first-order valence-electron chi connectivity index (χ1n) is 4.52. The molecule has 3 heteroatoms. The maximum atomic E-state index is 11.3. The Morgan fingerprint density at radius 2 is 2.21 bits per heavy atom. The van der Waals surface area contributed by atoms with Gasteiger partial charge in [0.15, 0.2) is 0 Å². The predicted octanol–water partition coefficient (Wildman–Crippen LogP) is 2.83. The molecule has 1 rings (SSSR count). The summed E-state index contributed by atoms with van der Waals surface area (Å²) in [6.07, 6.45) is 0.209. The SMILES string of the molecule is CC(C)OC(=O)Cc1cccc(Cl)c1. The van der Waals surface area contributed by atoms with E-state index in [1.807, 2.05) is 26.0 Å². The molecule has 0 spiro atoms. The van der Waals surface area contributed by atoms with Crippen LogP contribution in [0, 0.1) is 0 Å². The van der Waals surface area contributed by atoms with Crippen LogP contribution in [0.1, 0.15) is 19.4 Å². The number of carbonyl (C=O) groups excluding carboxylic acids is 1. The summed E-state index contributed by atoms with van der Waals surface area (Å²) in [4.78, 5) is 11.3. The van der Waals surface area contributed by atoms with Crippen molar-refractivity contribution in [1.29, 1.82) is 0 Å². The molecular weight excluding hydrogens is 200 g/mol. The molecule has 0 saturated carbocycles. The highest BCUT2D eigenvalue weighted by atomic mass is 35.5. The molecule has 0 N–H and O–H groups in total. The lowest BCUT2D eigenvalue weighted by atomic mass is 10.1. The Morgan fingerprint density at radius 1 is 1.50 bits per heavy atom. The summed E-state index contributed by atoms with van der Waals surface area (Å²) in [6.45, 7) is 3.66.